The number of hydrogen-bond donors (Lipinski definition) is 1. The van der Waals surface area contributed by atoms with Crippen molar-refractivity contribution >= 4 is 11.7 Å². The van der Waals surface area contributed by atoms with Crippen LogP contribution < -0.4 is 10.2 Å². The van der Waals surface area contributed by atoms with Crippen LogP contribution in [0.3, 0.4) is 0 Å². The van der Waals surface area contributed by atoms with Crippen LogP contribution in [0.5, 0.6) is 0 Å². The highest BCUT2D eigenvalue weighted by molar-refractivity contribution is 5.80. The van der Waals surface area contributed by atoms with Gasteiger partial charge in [-0.05, 0) is 44.7 Å². The summed E-state index contributed by atoms with van der Waals surface area (Å²) in [6.45, 7) is 3.77. The van der Waals surface area contributed by atoms with Gasteiger partial charge in [0.2, 0.25) is 5.91 Å². The van der Waals surface area contributed by atoms with Gasteiger partial charge in [-0.15, -0.1) is 6.42 Å². The quantitative estimate of drug-likeness (QED) is 0.799. The Morgan fingerprint density at radius 1 is 1.36 bits per heavy atom. The van der Waals surface area contributed by atoms with Crippen LogP contribution in [0.1, 0.15) is 38.2 Å². The molecule has 0 bridgehead atoms. The SMILES string of the molecule is C#C[C@H]1CC[C@@H](C#N)N1C(=O)CNC1(C)CCN(c2ncccc2C#N)CC1. The molecule has 7 nitrogen and oxygen atoms in total. The Bertz CT molecular complexity index is 831. The van der Waals surface area contributed by atoms with Crippen LogP contribution in [-0.4, -0.2) is 53.0 Å². The number of aromatic nitrogens is 1. The Kier molecular flexibility index (Phi) is 5.83. The van der Waals surface area contributed by atoms with Gasteiger partial charge in [-0.25, -0.2) is 4.98 Å². The van der Waals surface area contributed by atoms with Gasteiger partial charge in [0.15, 0.2) is 0 Å². The number of piperidine rings is 1. The van der Waals surface area contributed by atoms with E-state index in [0.717, 1.165) is 25.9 Å². The first kappa shape index (κ1) is 19.7. The second-order valence-electron chi connectivity index (χ2n) is 7.59. The number of carbonyl (C=O) groups is 1. The highest BCUT2D eigenvalue weighted by Gasteiger charge is 2.37. The molecule has 28 heavy (non-hydrogen) atoms. The predicted octanol–water partition coefficient (Wildman–Crippen LogP) is 1.42. The van der Waals surface area contributed by atoms with E-state index >= 15 is 0 Å². The van der Waals surface area contributed by atoms with E-state index in [1.165, 1.54) is 0 Å². The highest BCUT2D eigenvalue weighted by atomic mass is 16.2. The van der Waals surface area contributed by atoms with Crippen molar-refractivity contribution in [2.75, 3.05) is 24.5 Å². The van der Waals surface area contributed by atoms with Gasteiger partial charge < -0.3 is 15.1 Å². The number of anilines is 1. The van der Waals surface area contributed by atoms with Crippen LogP contribution in [0.4, 0.5) is 5.82 Å². The van der Waals surface area contributed by atoms with Crippen molar-refractivity contribution in [3.05, 3.63) is 23.9 Å². The van der Waals surface area contributed by atoms with E-state index in [-0.39, 0.29) is 24.0 Å². The van der Waals surface area contributed by atoms with E-state index in [9.17, 15) is 15.3 Å². The minimum Gasteiger partial charge on any atom is -0.355 e. The standard InChI is InChI=1S/C21H24N6O/c1-3-17-6-7-18(14-23)27(17)19(28)15-25-21(2)8-11-26(12-9-21)20-16(13-22)5-4-10-24-20/h1,4-5,10,17-18,25H,6-9,11-12,15H2,2H3/t17-,18-/m0/s1. The normalized spacial score (nSPS) is 23.5. The number of likely N-dealkylation sites (tertiary alicyclic amines) is 1. The smallest absolute Gasteiger partial charge is 0.238 e. The van der Waals surface area contributed by atoms with Crippen LogP contribution in [0.15, 0.2) is 18.3 Å². The van der Waals surface area contributed by atoms with Crippen LogP contribution in [0.2, 0.25) is 0 Å². The number of terminal acetylenes is 1. The Balaban J connectivity index is 1.58. The molecular formula is C21H24N6O. The summed E-state index contributed by atoms with van der Waals surface area (Å²) >= 11 is 0. The first-order valence-corrected chi connectivity index (χ1v) is 9.53. The van der Waals surface area contributed by atoms with Gasteiger partial charge in [-0.2, -0.15) is 10.5 Å². The Hall–Kier alpha value is -3.08. The van der Waals surface area contributed by atoms with Gasteiger partial charge in [0.1, 0.15) is 17.9 Å². The van der Waals surface area contributed by atoms with E-state index in [0.29, 0.717) is 24.2 Å². The maximum atomic E-state index is 12.7. The van der Waals surface area contributed by atoms with Crippen LogP contribution in [0.25, 0.3) is 0 Å². The minimum atomic E-state index is -0.432. The number of carbonyl (C=O) groups excluding carboxylic acids is 1. The summed E-state index contributed by atoms with van der Waals surface area (Å²) in [6.07, 6.45) is 10.2. The third-order valence-corrected chi connectivity index (χ3v) is 5.75. The van der Waals surface area contributed by atoms with Crippen LogP contribution in [0, 0.1) is 35.0 Å². The zero-order chi connectivity index (χ0) is 20.1. The summed E-state index contributed by atoms with van der Waals surface area (Å²) in [5.41, 5.74) is 0.382. The molecular weight excluding hydrogens is 352 g/mol. The number of nitriles is 2. The molecule has 1 aromatic rings. The fourth-order valence-corrected chi connectivity index (χ4v) is 3.95. The zero-order valence-electron chi connectivity index (χ0n) is 16.1. The molecule has 2 atom stereocenters. The first-order valence-electron chi connectivity index (χ1n) is 9.53. The molecule has 0 unspecified atom stereocenters. The number of nitrogens with zero attached hydrogens (tertiary/aromatic N) is 5. The van der Waals surface area contributed by atoms with E-state index in [1.54, 1.807) is 23.2 Å². The van der Waals surface area contributed by atoms with Gasteiger partial charge >= 0.3 is 0 Å². The van der Waals surface area contributed by atoms with Crippen molar-refractivity contribution in [1.29, 1.82) is 10.5 Å². The molecule has 1 aromatic heterocycles. The van der Waals surface area contributed by atoms with Gasteiger partial charge in [-0.1, -0.05) is 5.92 Å². The van der Waals surface area contributed by atoms with E-state index in [1.807, 2.05) is 0 Å². The molecule has 0 radical (unpaired) electrons. The zero-order valence-corrected chi connectivity index (χ0v) is 16.1. The molecule has 0 spiro atoms. The number of nitrogens with one attached hydrogen (secondary N) is 1. The lowest BCUT2D eigenvalue weighted by Gasteiger charge is -2.41. The lowest BCUT2D eigenvalue weighted by molar-refractivity contribution is -0.131. The minimum absolute atomic E-state index is 0.118. The predicted molar refractivity (Wildman–Crippen MR) is 105 cm³/mol. The molecule has 7 heteroatoms. The first-order chi connectivity index (χ1) is 13.5. The van der Waals surface area contributed by atoms with E-state index in [2.05, 4.69) is 40.2 Å². The number of amides is 1. The van der Waals surface area contributed by atoms with Crippen molar-refractivity contribution in [2.24, 2.45) is 0 Å². The molecule has 0 saturated carbocycles. The van der Waals surface area contributed by atoms with Crippen molar-refractivity contribution in [3.63, 3.8) is 0 Å². The summed E-state index contributed by atoms with van der Waals surface area (Å²) in [5.74, 6) is 3.23. The molecule has 0 aliphatic carbocycles. The highest BCUT2D eigenvalue weighted by Crippen LogP contribution is 2.27. The second kappa shape index (κ2) is 8.30. The summed E-state index contributed by atoms with van der Waals surface area (Å²) in [5, 5.41) is 21.9. The molecule has 2 aliphatic rings. The van der Waals surface area contributed by atoms with Crippen molar-refractivity contribution in [1.82, 2.24) is 15.2 Å². The fourth-order valence-electron chi connectivity index (χ4n) is 3.95. The molecule has 3 heterocycles. The molecule has 2 fully saturated rings. The van der Waals surface area contributed by atoms with E-state index < -0.39 is 6.04 Å². The van der Waals surface area contributed by atoms with Crippen LogP contribution >= 0.6 is 0 Å². The summed E-state index contributed by atoms with van der Waals surface area (Å²) in [4.78, 5) is 20.7. The Labute approximate surface area is 165 Å². The molecule has 0 aromatic carbocycles. The second-order valence-corrected chi connectivity index (χ2v) is 7.59. The summed E-state index contributed by atoms with van der Waals surface area (Å²) in [7, 11) is 0. The van der Waals surface area contributed by atoms with E-state index in [4.69, 9.17) is 6.42 Å². The van der Waals surface area contributed by atoms with Gasteiger partial charge in [0.25, 0.3) is 0 Å². The maximum absolute atomic E-state index is 12.7. The fraction of sp³-hybridized carbons (Fsp3) is 0.524. The lowest BCUT2D eigenvalue weighted by atomic mass is 9.89. The van der Waals surface area contributed by atoms with Gasteiger partial charge in [0.05, 0.1) is 24.2 Å². The molecule has 1 amide bonds. The maximum Gasteiger partial charge on any atom is 0.238 e. The number of rotatable bonds is 4. The van der Waals surface area contributed by atoms with Crippen molar-refractivity contribution < 1.29 is 4.79 Å². The molecule has 1 N–H and O–H groups in total. The van der Waals surface area contributed by atoms with Gasteiger partial charge in [0, 0.05) is 24.8 Å². The molecule has 2 saturated heterocycles. The molecule has 3 rings (SSSR count). The Morgan fingerprint density at radius 3 is 2.71 bits per heavy atom. The lowest BCUT2D eigenvalue weighted by Crippen LogP contribution is -2.55. The third kappa shape index (κ3) is 3.93. The third-order valence-electron chi connectivity index (χ3n) is 5.75. The van der Waals surface area contributed by atoms with Gasteiger partial charge in [-0.3, -0.25) is 4.79 Å². The molecule has 2 aliphatic heterocycles. The van der Waals surface area contributed by atoms with Crippen LogP contribution in [-0.2, 0) is 4.79 Å². The van der Waals surface area contributed by atoms with Crippen molar-refractivity contribution in [2.45, 2.75) is 50.2 Å². The monoisotopic (exact) mass is 376 g/mol. The summed E-state index contributed by atoms with van der Waals surface area (Å²) < 4.78 is 0. The average Bonchev–Trinajstić information content (AvgIpc) is 3.16. The number of pyridine rings is 1. The Morgan fingerprint density at radius 2 is 2.07 bits per heavy atom. The summed E-state index contributed by atoms with van der Waals surface area (Å²) in [6, 6.07) is 7.19. The average molecular weight is 376 g/mol. The number of hydrogen-bond acceptors (Lipinski definition) is 6. The van der Waals surface area contributed by atoms with Crippen molar-refractivity contribution in [3.8, 4) is 24.5 Å². The topological polar surface area (TPSA) is 96.1 Å². The largest absolute Gasteiger partial charge is 0.355 e. The molecule has 144 valence electrons.